The lowest BCUT2D eigenvalue weighted by atomic mass is 10.2. The highest BCUT2D eigenvalue weighted by atomic mass is 16.4. The number of urea groups is 1. The topological polar surface area (TPSA) is 69.6 Å². The van der Waals surface area contributed by atoms with Gasteiger partial charge in [-0.15, -0.1) is 6.58 Å². The Morgan fingerprint density at radius 2 is 2.20 bits per heavy atom. The van der Waals surface area contributed by atoms with Crippen LogP contribution in [0.3, 0.4) is 0 Å². The van der Waals surface area contributed by atoms with Crippen LogP contribution < -0.4 is 5.32 Å². The molecule has 5 heteroatoms. The lowest BCUT2D eigenvalue weighted by molar-refractivity contribution is -0.139. The quantitative estimate of drug-likeness (QED) is 0.650. The summed E-state index contributed by atoms with van der Waals surface area (Å²) < 4.78 is 0. The van der Waals surface area contributed by atoms with Gasteiger partial charge in [0.1, 0.15) is 6.04 Å². The van der Waals surface area contributed by atoms with Crippen molar-refractivity contribution in [2.45, 2.75) is 25.8 Å². The highest BCUT2D eigenvalue weighted by Crippen LogP contribution is 1.98. The van der Waals surface area contributed by atoms with Gasteiger partial charge in [-0.05, 0) is 6.42 Å². The Bertz CT molecular complexity index is 241. The lowest BCUT2D eigenvalue weighted by Crippen LogP contribution is -2.46. The van der Waals surface area contributed by atoms with Crippen LogP contribution in [0.2, 0.25) is 0 Å². The molecule has 0 fully saturated rings. The van der Waals surface area contributed by atoms with Gasteiger partial charge < -0.3 is 15.3 Å². The molecule has 0 aliphatic heterocycles. The second-order valence-corrected chi connectivity index (χ2v) is 3.30. The number of nitrogens with one attached hydrogen (secondary N) is 1. The summed E-state index contributed by atoms with van der Waals surface area (Å²) in [6.07, 6.45) is 2.72. The van der Waals surface area contributed by atoms with Crippen molar-refractivity contribution in [2.75, 3.05) is 13.6 Å². The summed E-state index contributed by atoms with van der Waals surface area (Å²) in [5.74, 6) is -1.00. The molecule has 0 bridgehead atoms. The molecule has 2 amide bonds. The van der Waals surface area contributed by atoms with Crippen molar-refractivity contribution >= 4 is 12.0 Å². The largest absolute Gasteiger partial charge is 0.480 e. The monoisotopic (exact) mass is 214 g/mol. The number of hydrogen-bond donors (Lipinski definition) is 2. The molecule has 2 N–H and O–H groups in total. The van der Waals surface area contributed by atoms with E-state index in [1.807, 2.05) is 6.92 Å². The van der Waals surface area contributed by atoms with Crippen LogP contribution >= 0.6 is 0 Å². The zero-order valence-electron chi connectivity index (χ0n) is 9.19. The van der Waals surface area contributed by atoms with E-state index in [0.29, 0.717) is 19.4 Å². The standard InChI is InChI=1S/C10H18N2O3/c1-4-6-8(9(13)14)11-10(15)12(3)7-5-2/h5,8H,2,4,6-7H2,1,3H3,(H,11,15)(H,13,14)/t8-/m1/s1. The number of carboxylic acid groups (broad SMARTS) is 1. The van der Waals surface area contributed by atoms with E-state index >= 15 is 0 Å². The average molecular weight is 214 g/mol. The maximum absolute atomic E-state index is 11.4. The molecule has 0 heterocycles. The van der Waals surface area contributed by atoms with Gasteiger partial charge in [-0.25, -0.2) is 9.59 Å². The summed E-state index contributed by atoms with van der Waals surface area (Å²) in [6, 6.07) is -1.20. The third kappa shape index (κ3) is 5.05. The van der Waals surface area contributed by atoms with Crippen LogP contribution in [0.5, 0.6) is 0 Å². The Morgan fingerprint density at radius 3 is 2.60 bits per heavy atom. The summed E-state index contributed by atoms with van der Waals surface area (Å²) in [7, 11) is 1.59. The zero-order chi connectivity index (χ0) is 11.8. The summed E-state index contributed by atoms with van der Waals surface area (Å²) >= 11 is 0. The molecule has 0 aromatic rings. The van der Waals surface area contributed by atoms with Crippen LogP contribution in [-0.2, 0) is 4.79 Å². The number of hydrogen-bond acceptors (Lipinski definition) is 2. The Hall–Kier alpha value is -1.52. The van der Waals surface area contributed by atoms with Crippen molar-refractivity contribution in [2.24, 2.45) is 0 Å². The van der Waals surface area contributed by atoms with Crippen molar-refractivity contribution in [1.82, 2.24) is 10.2 Å². The highest BCUT2D eigenvalue weighted by molar-refractivity contribution is 5.82. The molecule has 0 aliphatic rings. The van der Waals surface area contributed by atoms with Gasteiger partial charge in [0.2, 0.25) is 0 Å². The molecule has 0 radical (unpaired) electrons. The van der Waals surface area contributed by atoms with Crippen molar-refractivity contribution in [1.29, 1.82) is 0 Å². The SMILES string of the molecule is C=CCN(C)C(=O)N[C@H](CCC)C(=O)O. The van der Waals surface area contributed by atoms with Gasteiger partial charge in [-0.3, -0.25) is 0 Å². The number of aliphatic carboxylic acids is 1. The van der Waals surface area contributed by atoms with E-state index in [0.717, 1.165) is 0 Å². The maximum atomic E-state index is 11.4. The van der Waals surface area contributed by atoms with Gasteiger partial charge in [-0.1, -0.05) is 19.4 Å². The van der Waals surface area contributed by atoms with Crippen LogP contribution in [0.15, 0.2) is 12.7 Å². The minimum absolute atomic E-state index is 0.393. The van der Waals surface area contributed by atoms with Gasteiger partial charge in [-0.2, -0.15) is 0 Å². The number of likely N-dealkylation sites (N-methyl/N-ethyl adjacent to an activating group) is 1. The van der Waals surface area contributed by atoms with Gasteiger partial charge in [0.25, 0.3) is 0 Å². The molecule has 0 rings (SSSR count). The van der Waals surface area contributed by atoms with Crippen molar-refractivity contribution in [3.05, 3.63) is 12.7 Å². The number of carboxylic acids is 1. The summed E-state index contributed by atoms with van der Waals surface area (Å²) in [6.45, 7) is 5.76. The molecule has 5 nitrogen and oxygen atoms in total. The minimum Gasteiger partial charge on any atom is -0.480 e. The van der Waals surface area contributed by atoms with Crippen LogP contribution in [0.4, 0.5) is 4.79 Å². The van der Waals surface area contributed by atoms with E-state index in [4.69, 9.17) is 5.11 Å². The number of amides is 2. The smallest absolute Gasteiger partial charge is 0.326 e. The second kappa shape index (κ2) is 6.86. The molecule has 0 aromatic heterocycles. The Balaban J connectivity index is 4.21. The van der Waals surface area contributed by atoms with Crippen molar-refractivity contribution < 1.29 is 14.7 Å². The zero-order valence-corrected chi connectivity index (χ0v) is 9.19. The number of carbonyl (C=O) groups is 2. The third-order valence-corrected chi connectivity index (χ3v) is 1.92. The molecule has 0 unspecified atom stereocenters. The fourth-order valence-electron chi connectivity index (χ4n) is 1.08. The fraction of sp³-hybridized carbons (Fsp3) is 0.600. The van der Waals surface area contributed by atoms with Crippen molar-refractivity contribution in [3.63, 3.8) is 0 Å². The normalized spacial score (nSPS) is 11.6. The predicted octanol–water partition coefficient (Wildman–Crippen LogP) is 1.07. The Morgan fingerprint density at radius 1 is 1.60 bits per heavy atom. The van der Waals surface area contributed by atoms with Gasteiger partial charge in [0, 0.05) is 13.6 Å². The van der Waals surface area contributed by atoms with E-state index in [9.17, 15) is 9.59 Å². The molecular formula is C10H18N2O3. The predicted molar refractivity (Wildman–Crippen MR) is 57.7 cm³/mol. The molecule has 0 saturated carbocycles. The molecule has 0 saturated heterocycles. The summed E-state index contributed by atoms with van der Waals surface area (Å²) in [5.41, 5.74) is 0. The minimum atomic E-state index is -1.00. The van der Waals surface area contributed by atoms with Crippen LogP contribution in [0.1, 0.15) is 19.8 Å². The van der Waals surface area contributed by atoms with E-state index in [2.05, 4.69) is 11.9 Å². The van der Waals surface area contributed by atoms with Crippen LogP contribution in [0, 0.1) is 0 Å². The van der Waals surface area contributed by atoms with E-state index in [1.54, 1.807) is 13.1 Å². The van der Waals surface area contributed by atoms with Crippen LogP contribution in [0.25, 0.3) is 0 Å². The lowest BCUT2D eigenvalue weighted by Gasteiger charge is -2.19. The Labute approximate surface area is 89.8 Å². The first-order valence-electron chi connectivity index (χ1n) is 4.88. The third-order valence-electron chi connectivity index (χ3n) is 1.92. The number of rotatable bonds is 6. The molecule has 15 heavy (non-hydrogen) atoms. The van der Waals surface area contributed by atoms with Crippen molar-refractivity contribution in [3.8, 4) is 0 Å². The molecule has 86 valence electrons. The first-order chi connectivity index (χ1) is 7.02. The average Bonchev–Trinajstić information content (AvgIpc) is 2.17. The van der Waals surface area contributed by atoms with Gasteiger partial charge in [0.05, 0.1) is 0 Å². The second-order valence-electron chi connectivity index (χ2n) is 3.30. The first-order valence-corrected chi connectivity index (χ1v) is 4.88. The van der Waals surface area contributed by atoms with Gasteiger partial charge in [0.15, 0.2) is 0 Å². The van der Waals surface area contributed by atoms with Crippen LogP contribution in [-0.4, -0.2) is 41.6 Å². The summed E-state index contributed by atoms with van der Waals surface area (Å²) in [5, 5.41) is 11.3. The highest BCUT2D eigenvalue weighted by Gasteiger charge is 2.19. The van der Waals surface area contributed by atoms with E-state index in [-0.39, 0.29) is 0 Å². The molecule has 1 atom stereocenters. The summed E-state index contributed by atoms with van der Waals surface area (Å²) in [4.78, 5) is 23.6. The fourth-order valence-corrected chi connectivity index (χ4v) is 1.08. The van der Waals surface area contributed by atoms with E-state index in [1.165, 1.54) is 4.90 Å². The molecule has 0 aromatic carbocycles. The molecular weight excluding hydrogens is 196 g/mol. The van der Waals surface area contributed by atoms with E-state index < -0.39 is 18.0 Å². The maximum Gasteiger partial charge on any atom is 0.326 e. The van der Waals surface area contributed by atoms with Gasteiger partial charge >= 0.3 is 12.0 Å². The number of carbonyl (C=O) groups excluding carboxylic acids is 1. The Kier molecular flexibility index (Phi) is 6.17. The molecule has 0 spiro atoms. The number of nitrogens with zero attached hydrogens (tertiary/aromatic N) is 1. The first kappa shape index (κ1) is 13.5. The molecule has 0 aliphatic carbocycles.